The van der Waals surface area contributed by atoms with Gasteiger partial charge in [0, 0.05) is 18.1 Å². The molecule has 0 unspecified atom stereocenters. The third-order valence-electron chi connectivity index (χ3n) is 2.99. The van der Waals surface area contributed by atoms with E-state index in [4.69, 9.17) is 27.2 Å². The Kier molecular flexibility index (Phi) is 4.11. The number of halogens is 1. The van der Waals surface area contributed by atoms with E-state index in [2.05, 4.69) is 0 Å². The number of benzene rings is 1. The van der Waals surface area contributed by atoms with Gasteiger partial charge in [0.1, 0.15) is 5.75 Å². The Hall–Kier alpha value is -1.23. The van der Waals surface area contributed by atoms with Gasteiger partial charge < -0.3 is 20.1 Å². The second kappa shape index (κ2) is 5.61. The Labute approximate surface area is 111 Å². The molecule has 3 N–H and O–H groups in total. The van der Waals surface area contributed by atoms with Crippen LogP contribution in [0.1, 0.15) is 5.56 Å². The quantitative estimate of drug-likeness (QED) is 0.869. The Balaban J connectivity index is 2.62. The molecule has 2 rings (SSSR count). The SMILES string of the molecule is COc1cc2c(CCN)cn(CCO)c2cc1Cl. The van der Waals surface area contributed by atoms with Crippen LogP contribution < -0.4 is 10.5 Å². The second-order valence-corrected chi connectivity index (χ2v) is 4.52. The molecule has 0 radical (unpaired) electrons. The van der Waals surface area contributed by atoms with Crippen molar-refractivity contribution >= 4 is 22.5 Å². The fraction of sp³-hybridized carbons (Fsp3) is 0.385. The minimum Gasteiger partial charge on any atom is -0.495 e. The van der Waals surface area contributed by atoms with E-state index in [0.717, 1.165) is 22.9 Å². The summed E-state index contributed by atoms with van der Waals surface area (Å²) in [5.74, 6) is 0.657. The topological polar surface area (TPSA) is 60.4 Å². The first-order valence-corrected chi connectivity index (χ1v) is 6.25. The van der Waals surface area contributed by atoms with Crippen molar-refractivity contribution in [2.75, 3.05) is 20.3 Å². The summed E-state index contributed by atoms with van der Waals surface area (Å²) < 4.78 is 7.23. The van der Waals surface area contributed by atoms with Crippen molar-refractivity contribution in [1.29, 1.82) is 0 Å². The summed E-state index contributed by atoms with van der Waals surface area (Å²) in [5, 5.41) is 10.7. The lowest BCUT2D eigenvalue weighted by Crippen LogP contribution is -2.02. The molecule has 0 aliphatic rings. The minimum atomic E-state index is 0.0928. The summed E-state index contributed by atoms with van der Waals surface area (Å²) in [5.41, 5.74) is 7.77. The molecule has 0 atom stereocenters. The summed E-state index contributed by atoms with van der Waals surface area (Å²) in [6.45, 7) is 1.22. The van der Waals surface area contributed by atoms with Crippen LogP contribution >= 0.6 is 11.6 Å². The van der Waals surface area contributed by atoms with Gasteiger partial charge in [-0.1, -0.05) is 11.6 Å². The summed E-state index contributed by atoms with van der Waals surface area (Å²) in [4.78, 5) is 0. The highest BCUT2D eigenvalue weighted by Gasteiger charge is 2.11. The van der Waals surface area contributed by atoms with Gasteiger partial charge in [-0.05, 0) is 30.7 Å². The molecule has 0 aliphatic carbocycles. The van der Waals surface area contributed by atoms with Crippen molar-refractivity contribution in [2.45, 2.75) is 13.0 Å². The van der Waals surface area contributed by atoms with Crippen LogP contribution in [0.3, 0.4) is 0 Å². The molecule has 98 valence electrons. The molecule has 0 amide bonds. The molecule has 0 fully saturated rings. The van der Waals surface area contributed by atoms with Crippen LogP contribution in [-0.4, -0.2) is 29.9 Å². The molecule has 5 heteroatoms. The van der Waals surface area contributed by atoms with Gasteiger partial charge in [-0.2, -0.15) is 0 Å². The first-order chi connectivity index (χ1) is 8.71. The van der Waals surface area contributed by atoms with Gasteiger partial charge in [0.05, 0.1) is 24.3 Å². The number of nitrogens with zero attached hydrogens (tertiary/aromatic N) is 1. The number of rotatable bonds is 5. The van der Waals surface area contributed by atoms with Crippen molar-refractivity contribution in [1.82, 2.24) is 4.57 Å². The highest BCUT2D eigenvalue weighted by Crippen LogP contribution is 2.32. The van der Waals surface area contributed by atoms with Crippen molar-refractivity contribution in [3.8, 4) is 5.75 Å². The number of aromatic nitrogens is 1. The van der Waals surface area contributed by atoms with E-state index in [1.807, 2.05) is 22.9 Å². The molecule has 0 saturated carbocycles. The zero-order valence-electron chi connectivity index (χ0n) is 10.3. The molecule has 1 heterocycles. The van der Waals surface area contributed by atoms with E-state index in [1.54, 1.807) is 7.11 Å². The van der Waals surface area contributed by atoms with Crippen molar-refractivity contribution in [3.05, 3.63) is 28.9 Å². The third-order valence-corrected chi connectivity index (χ3v) is 3.29. The monoisotopic (exact) mass is 268 g/mol. The van der Waals surface area contributed by atoms with Gasteiger partial charge in [0.25, 0.3) is 0 Å². The second-order valence-electron chi connectivity index (χ2n) is 4.11. The predicted octanol–water partition coefficient (Wildman–Crippen LogP) is 1.80. The highest BCUT2D eigenvalue weighted by atomic mass is 35.5. The Morgan fingerprint density at radius 3 is 2.83 bits per heavy atom. The molecule has 2 aromatic rings. The maximum Gasteiger partial charge on any atom is 0.138 e. The number of ether oxygens (including phenoxy) is 1. The minimum absolute atomic E-state index is 0.0928. The van der Waals surface area contributed by atoms with Crippen LogP contribution in [0.25, 0.3) is 10.9 Å². The predicted molar refractivity (Wildman–Crippen MR) is 73.3 cm³/mol. The first-order valence-electron chi connectivity index (χ1n) is 5.87. The van der Waals surface area contributed by atoms with Gasteiger partial charge >= 0.3 is 0 Å². The van der Waals surface area contributed by atoms with Crippen LogP contribution in [0.15, 0.2) is 18.3 Å². The zero-order valence-corrected chi connectivity index (χ0v) is 11.1. The summed E-state index contributed by atoms with van der Waals surface area (Å²) in [7, 11) is 1.60. The molecule has 0 bridgehead atoms. The van der Waals surface area contributed by atoms with E-state index in [1.165, 1.54) is 0 Å². The number of methoxy groups -OCH3 is 1. The zero-order chi connectivity index (χ0) is 13.1. The maximum atomic E-state index is 9.09. The van der Waals surface area contributed by atoms with Gasteiger partial charge in [-0.3, -0.25) is 0 Å². The lowest BCUT2D eigenvalue weighted by molar-refractivity contribution is 0.278. The maximum absolute atomic E-state index is 9.09. The molecule has 18 heavy (non-hydrogen) atoms. The van der Waals surface area contributed by atoms with Gasteiger partial charge in [0.15, 0.2) is 0 Å². The highest BCUT2D eigenvalue weighted by molar-refractivity contribution is 6.32. The molecule has 1 aromatic carbocycles. The number of hydrogen-bond donors (Lipinski definition) is 2. The molecule has 0 spiro atoms. The van der Waals surface area contributed by atoms with Crippen LogP contribution in [-0.2, 0) is 13.0 Å². The fourth-order valence-electron chi connectivity index (χ4n) is 2.17. The lowest BCUT2D eigenvalue weighted by Gasteiger charge is -2.06. The van der Waals surface area contributed by atoms with E-state index < -0.39 is 0 Å². The number of aliphatic hydroxyl groups is 1. The van der Waals surface area contributed by atoms with E-state index >= 15 is 0 Å². The van der Waals surface area contributed by atoms with Crippen LogP contribution in [0.4, 0.5) is 0 Å². The van der Waals surface area contributed by atoms with Gasteiger partial charge in [-0.25, -0.2) is 0 Å². The molecule has 1 aromatic heterocycles. The molecule has 4 nitrogen and oxygen atoms in total. The number of fused-ring (bicyclic) bond motifs is 1. The normalized spacial score (nSPS) is 11.1. The molecular formula is C13H17ClN2O2. The average molecular weight is 269 g/mol. The van der Waals surface area contributed by atoms with Gasteiger partial charge in [0.2, 0.25) is 0 Å². The first kappa shape index (κ1) is 13.2. The van der Waals surface area contributed by atoms with Gasteiger partial charge in [-0.15, -0.1) is 0 Å². The third kappa shape index (κ3) is 2.32. The summed E-state index contributed by atoms with van der Waals surface area (Å²) in [6.07, 6.45) is 2.81. The van der Waals surface area contributed by atoms with Crippen molar-refractivity contribution in [2.24, 2.45) is 5.73 Å². The van der Waals surface area contributed by atoms with Crippen LogP contribution in [0, 0.1) is 0 Å². The summed E-state index contributed by atoms with van der Waals surface area (Å²) in [6, 6.07) is 3.79. The smallest absolute Gasteiger partial charge is 0.138 e. The molecule has 0 aliphatic heterocycles. The van der Waals surface area contributed by atoms with Crippen LogP contribution in [0.5, 0.6) is 5.75 Å². The molecule has 0 saturated heterocycles. The largest absolute Gasteiger partial charge is 0.495 e. The average Bonchev–Trinajstić information content (AvgIpc) is 2.67. The lowest BCUT2D eigenvalue weighted by atomic mass is 10.1. The van der Waals surface area contributed by atoms with E-state index in [9.17, 15) is 0 Å². The molecular weight excluding hydrogens is 252 g/mol. The Morgan fingerprint density at radius 1 is 1.44 bits per heavy atom. The number of aliphatic hydroxyl groups excluding tert-OH is 1. The van der Waals surface area contributed by atoms with Crippen molar-refractivity contribution < 1.29 is 9.84 Å². The fourth-order valence-corrected chi connectivity index (χ4v) is 2.40. The van der Waals surface area contributed by atoms with E-state index in [0.29, 0.717) is 23.9 Å². The number of hydrogen-bond acceptors (Lipinski definition) is 3. The van der Waals surface area contributed by atoms with E-state index in [-0.39, 0.29) is 6.61 Å². The Bertz CT molecular complexity index is 551. The standard InChI is InChI=1S/C13H17ClN2O2/c1-18-13-6-10-9(2-3-15)8-16(4-5-17)12(10)7-11(13)14/h6-8,17H,2-5,15H2,1H3. The van der Waals surface area contributed by atoms with Crippen molar-refractivity contribution in [3.63, 3.8) is 0 Å². The van der Waals surface area contributed by atoms with Crippen LogP contribution in [0.2, 0.25) is 5.02 Å². The number of nitrogens with two attached hydrogens (primary N) is 1. The summed E-state index contributed by atoms with van der Waals surface area (Å²) >= 11 is 6.14. The Morgan fingerprint density at radius 2 is 2.22 bits per heavy atom.